The fourth-order valence-electron chi connectivity index (χ4n) is 2.35. The minimum Gasteiger partial charge on any atom is -0.237 e. The fraction of sp³-hybridized carbons (Fsp3) is 0.800. The fourth-order valence-corrected chi connectivity index (χ4v) is 2.35. The van der Waals surface area contributed by atoms with E-state index in [1.807, 2.05) is 0 Å². The van der Waals surface area contributed by atoms with Crippen molar-refractivity contribution >= 4 is 0 Å². The first-order chi connectivity index (χ1) is 14.8. The van der Waals surface area contributed by atoms with Crippen LogP contribution < -0.4 is 4.57 Å². The Bertz CT molecular complexity index is 851. The summed E-state index contributed by atoms with van der Waals surface area (Å²) in [4.78, 5) is 0. The molecule has 0 aliphatic carbocycles. The lowest BCUT2D eigenvalue weighted by atomic mass is 9.90. The van der Waals surface area contributed by atoms with Gasteiger partial charge in [0.15, 0.2) is 0 Å². The molecule has 0 unspecified atom stereocenters. The molecule has 0 atom stereocenters. The molecule has 0 aromatic carbocycles. The Morgan fingerprint density at radius 3 is 1.35 bits per heavy atom. The highest BCUT2D eigenvalue weighted by molar-refractivity contribution is 5.14. The predicted octanol–water partition coefficient (Wildman–Crippen LogP) is 6.50. The minimum absolute atomic E-state index is 0.0810. The minimum atomic E-state index is -8.63. The van der Waals surface area contributed by atoms with Crippen LogP contribution in [0, 0.1) is 0 Å². The monoisotopic (exact) mass is 543 g/mol. The van der Waals surface area contributed by atoms with Gasteiger partial charge in [-0.25, -0.2) is 4.57 Å². The number of aromatic nitrogens is 2. The highest BCUT2D eigenvalue weighted by Gasteiger charge is 2.96. The molecular formula is C15H12F17N2+. The summed E-state index contributed by atoms with van der Waals surface area (Å²) in [5, 5.41) is 0. The van der Waals surface area contributed by atoms with Crippen LogP contribution in [0.15, 0.2) is 18.7 Å². The molecule has 0 N–H and O–H groups in total. The number of unbranched alkanes of at least 4 members (excludes halogenated alkanes) is 1. The molecule has 0 aliphatic rings. The second-order valence-electron chi connectivity index (χ2n) is 6.90. The van der Waals surface area contributed by atoms with Crippen LogP contribution in [0.25, 0.3) is 0 Å². The molecule has 1 aromatic rings. The van der Waals surface area contributed by atoms with Crippen molar-refractivity contribution in [3.8, 4) is 0 Å². The van der Waals surface area contributed by atoms with Gasteiger partial charge in [0.1, 0.15) is 12.4 Å². The molecule has 1 heterocycles. The second-order valence-corrected chi connectivity index (χ2v) is 6.90. The zero-order valence-corrected chi connectivity index (χ0v) is 16.2. The first-order valence-electron chi connectivity index (χ1n) is 8.58. The number of aryl methyl sites for hydroxylation is 1. The number of rotatable bonds is 10. The summed E-state index contributed by atoms with van der Waals surface area (Å²) in [6.45, 7) is 1.33. The Kier molecular flexibility index (Phi) is 7.34. The second kappa shape index (κ2) is 8.30. The van der Waals surface area contributed by atoms with Crippen LogP contribution in [0.4, 0.5) is 74.6 Å². The van der Waals surface area contributed by atoms with Crippen molar-refractivity contribution in [2.75, 3.05) is 0 Å². The number of imidazole rings is 1. The van der Waals surface area contributed by atoms with Gasteiger partial charge >= 0.3 is 47.8 Å². The number of alkyl halides is 17. The molecule has 0 saturated heterocycles. The van der Waals surface area contributed by atoms with Gasteiger partial charge in [-0.3, -0.25) is 0 Å². The Balaban J connectivity index is 3.61. The van der Waals surface area contributed by atoms with Crippen LogP contribution in [-0.2, 0) is 12.6 Å². The number of hydrogen-bond acceptors (Lipinski definition) is 0. The third-order valence-corrected chi connectivity index (χ3v) is 4.49. The molecule has 34 heavy (non-hydrogen) atoms. The molecule has 0 spiro atoms. The van der Waals surface area contributed by atoms with Crippen molar-refractivity contribution in [2.45, 2.75) is 74.1 Å². The lowest BCUT2D eigenvalue weighted by Crippen LogP contribution is -2.74. The van der Waals surface area contributed by atoms with E-state index in [0.29, 0.717) is 17.2 Å². The summed E-state index contributed by atoms with van der Waals surface area (Å²) in [6.07, 6.45) is -6.90. The van der Waals surface area contributed by atoms with Crippen molar-refractivity contribution in [1.82, 2.24) is 4.57 Å². The summed E-state index contributed by atoms with van der Waals surface area (Å²) in [6, 6.07) is -6.60. The Morgan fingerprint density at radius 1 is 0.588 bits per heavy atom. The highest BCUT2D eigenvalue weighted by Crippen LogP contribution is 2.64. The largest absolute Gasteiger partial charge is 0.469 e. The van der Waals surface area contributed by atoms with Crippen LogP contribution in [0.1, 0.15) is 19.8 Å². The number of halogens is 17. The van der Waals surface area contributed by atoms with Gasteiger partial charge in [0.05, 0.1) is 6.54 Å². The maximum atomic E-state index is 14.0. The van der Waals surface area contributed by atoms with Gasteiger partial charge in [-0.15, -0.1) is 0 Å². The Hall–Kier alpha value is -1.98. The van der Waals surface area contributed by atoms with E-state index in [-0.39, 0.29) is 25.5 Å². The van der Waals surface area contributed by atoms with Crippen molar-refractivity contribution < 1.29 is 79.2 Å². The summed E-state index contributed by atoms with van der Waals surface area (Å²) >= 11 is 0. The van der Waals surface area contributed by atoms with Gasteiger partial charge in [-0.05, 0) is 6.42 Å². The lowest BCUT2D eigenvalue weighted by molar-refractivity contribution is -0.697. The highest BCUT2D eigenvalue weighted by atomic mass is 19.4. The topological polar surface area (TPSA) is 8.81 Å². The first-order valence-corrected chi connectivity index (χ1v) is 8.58. The quantitative estimate of drug-likeness (QED) is 0.236. The van der Waals surface area contributed by atoms with E-state index in [1.165, 1.54) is 0 Å². The van der Waals surface area contributed by atoms with E-state index in [1.54, 1.807) is 6.92 Å². The van der Waals surface area contributed by atoms with Crippen molar-refractivity contribution in [3.63, 3.8) is 0 Å². The van der Waals surface area contributed by atoms with E-state index < -0.39 is 52.3 Å². The molecule has 0 aliphatic heterocycles. The summed E-state index contributed by atoms with van der Waals surface area (Å²) < 4.78 is 225. The zero-order valence-electron chi connectivity index (χ0n) is 16.2. The average molecular weight is 543 g/mol. The number of nitrogens with zero attached hydrogens (tertiary/aromatic N) is 2. The zero-order chi connectivity index (χ0) is 27.4. The molecule has 2 nitrogen and oxygen atoms in total. The third-order valence-electron chi connectivity index (χ3n) is 4.49. The van der Waals surface area contributed by atoms with E-state index in [4.69, 9.17) is 0 Å². The Labute approximate surface area is 177 Å². The molecule has 1 aromatic heterocycles. The van der Waals surface area contributed by atoms with E-state index in [0.717, 1.165) is 0 Å². The molecule has 0 radical (unpaired) electrons. The normalized spacial score (nSPS) is 15.7. The van der Waals surface area contributed by atoms with Crippen LogP contribution in [0.5, 0.6) is 0 Å². The van der Waals surface area contributed by atoms with Gasteiger partial charge in [-0.1, -0.05) is 13.3 Å². The maximum absolute atomic E-state index is 14.0. The van der Waals surface area contributed by atoms with Gasteiger partial charge in [0.2, 0.25) is 6.33 Å². The van der Waals surface area contributed by atoms with Gasteiger partial charge in [0.25, 0.3) is 0 Å². The van der Waals surface area contributed by atoms with Crippen molar-refractivity contribution in [2.24, 2.45) is 0 Å². The lowest BCUT2D eigenvalue weighted by Gasteiger charge is -2.42. The van der Waals surface area contributed by atoms with Crippen LogP contribution in [0.3, 0.4) is 0 Å². The molecular weight excluding hydrogens is 531 g/mol. The predicted molar refractivity (Wildman–Crippen MR) is 75.5 cm³/mol. The standard InChI is InChI=1S/C15H12F17N2/c1-2-3-4-33-5-6-34(7-33)15(31,32)13(26,27)11(22,23)9(18,19)8(16,17)10(20,21)12(24,25)14(28,29)30/h5-7H,2-4H2,1H3/q+1. The molecule has 1 rings (SSSR count). The van der Waals surface area contributed by atoms with Gasteiger partial charge < -0.3 is 0 Å². The molecule has 0 fully saturated rings. The molecule has 19 heteroatoms. The average Bonchev–Trinajstić information content (AvgIpc) is 3.14. The Morgan fingerprint density at radius 2 is 0.971 bits per heavy atom. The number of hydrogen-bond donors (Lipinski definition) is 0. The maximum Gasteiger partial charge on any atom is 0.469 e. The molecule has 0 saturated carbocycles. The van der Waals surface area contributed by atoms with Crippen molar-refractivity contribution in [3.05, 3.63) is 18.7 Å². The first kappa shape index (κ1) is 30.1. The molecule has 0 amide bonds. The van der Waals surface area contributed by atoms with Crippen LogP contribution in [-0.4, -0.2) is 46.3 Å². The van der Waals surface area contributed by atoms with Crippen molar-refractivity contribution in [1.29, 1.82) is 0 Å². The summed E-state index contributed by atoms with van der Waals surface area (Å²) in [7, 11) is 0. The summed E-state index contributed by atoms with van der Waals surface area (Å²) in [5.74, 6) is -49.9. The summed E-state index contributed by atoms with van der Waals surface area (Å²) in [5.41, 5.74) is 0. The van der Waals surface area contributed by atoms with Crippen LogP contribution in [0.2, 0.25) is 0 Å². The third kappa shape index (κ3) is 3.95. The van der Waals surface area contributed by atoms with Gasteiger partial charge in [0, 0.05) is 0 Å². The molecule has 200 valence electrons. The smallest absolute Gasteiger partial charge is 0.237 e. The molecule has 0 bridgehead atoms. The van der Waals surface area contributed by atoms with E-state index in [2.05, 4.69) is 0 Å². The van der Waals surface area contributed by atoms with Gasteiger partial charge in [-0.2, -0.15) is 79.2 Å². The van der Waals surface area contributed by atoms with E-state index in [9.17, 15) is 74.6 Å². The van der Waals surface area contributed by atoms with Crippen LogP contribution >= 0.6 is 0 Å². The van der Waals surface area contributed by atoms with E-state index >= 15 is 0 Å². The SMILES string of the molecule is CCCC[n+]1ccn(C(F)(F)C(F)(F)C(F)(F)C(F)(F)C(F)(F)C(F)(F)C(F)(F)C(F)(F)F)c1.